The van der Waals surface area contributed by atoms with Crippen LogP contribution >= 0.6 is 0 Å². The molecule has 0 saturated carbocycles. The highest BCUT2D eigenvalue weighted by atomic mass is 19.1. The fourth-order valence-electron chi connectivity index (χ4n) is 2.79. The van der Waals surface area contributed by atoms with Crippen molar-refractivity contribution < 1.29 is 18.9 Å². The minimum absolute atomic E-state index is 0.0814. The lowest BCUT2D eigenvalue weighted by Gasteiger charge is -2.28. The van der Waals surface area contributed by atoms with Crippen LogP contribution in [0.15, 0.2) is 48.5 Å². The number of benzene rings is 2. The molecule has 2 amide bonds. The predicted molar refractivity (Wildman–Crippen MR) is 102 cm³/mol. The third-order valence-electron chi connectivity index (χ3n) is 4.31. The largest absolute Gasteiger partial charge is 0.355 e. The van der Waals surface area contributed by atoms with Crippen molar-refractivity contribution >= 4 is 17.5 Å². The molecule has 2 rings (SSSR count). The third kappa shape index (κ3) is 5.35. The summed E-state index contributed by atoms with van der Waals surface area (Å²) < 4.78 is 13.2. The highest BCUT2D eigenvalue weighted by Crippen LogP contribution is 2.20. The lowest BCUT2D eigenvalue weighted by atomic mass is 10.1. The second-order valence-electron chi connectivity index (χ2n) is 6.28. The number of para-hydroxylation sites is 1. The van der Waals surface area contributed by atoms with Crippen LogP contribution in [0.25, 0.3) is 0 Å². The first-order valence-corrected chi connectivity index (χ1v) is 8.87. The molecule has 1 atom stereocenters. The summed E-state index contributed by atoms with van der Waals surface area (Å²) in [6.45, 7) is 3.85. The fourth-order valence-corrected chi connectivity index (χ4v) is 2.79. The summed E-state index contributed by atoms with van der Waals surface area (Å²) >= 11 is 0. The van der Waals surface area contributed by atoms with E-state index < -0.39 is 22.7 Å². The van der Waals surface area contributed by atoms with Crippen molar-refractivity contribution in [2.24, 2.45) is 0 Å². The Labute approximate surface area is 162 Å². The zero-order valence-corrected chi connectivity index (χ0v) is 15.7. The molecule has 2 aromatic rings. The van der Waals surface area contributed by atoms with Gasteiger partial charge in [-0.2, -0.15) is 0 Å². The smallest absolute Gasteiger partial charge is 0.273 e. The van der Waals surface area contributed by atoms with Gasteiger partial charge in [-0.3, -0.25) is 19.7 Å². The predicted octanol–water partition coefficient (Wildman–Crippen LogP) is 2.83. The zero-order valence-electron chi connectivity index (χ0n) is 15.7. The number of amides is 2. The summed E-state index contributed by atoms with van der Waals surface area (Å²) in [6.07, 6.45) is -0.220. The summed E-state index contributed by atoms with van der Waals surface area (Å²) in [5.41, 5.74) is 0.765. The second-order valence-corrected chi connectivity index (χ2v) is 6.28. The van der Waals surface area contributed by atoms with Crippen molar-refractivity contribution in [1.82, 2.24) is 10.2 Å². The van der Waals surface area contributed by atoms with Crippen LogP contribution in [0.1, 0.15) is 25.0 Å². The van der Waals surface area contributed by atoms with Gasteiger partial charge < -0.3 is 10.2 Å². The molecule has 0 bridgehead atoms. The molecule has 0 unspecified atom stereocenters. The summed E-state index contributed by atoms with van der Waals surface area (Å²) in [5.74, 6) is -1.17. The van der Waals surface area contributed by atoms with Gasteiger partial charge in [0.1, 0.15) is 11.9 Å². The maximum absolute atomic E-state index is 13.2. The van der Waals surface area contributed by atoms with Crippen molar-refractivity contribution in [3.63, 3.8) is 0 Å². The molecule has 1 N–H and O–H groups in total. The van der Waals surface area contributed by atoms with Crippen molar-refractivity contribution in [2.45, 2.75) is 32.9 Å². The summed E-state index contributed by atoms with van der Waals surface area (Å²) in [6, 6.07) is 10.8. The average molecular weight is 387 g/mol. The molecule has 28 heavy (non-hydrogen) atoms. The Morgan fingerprint density at radius 1 is 1.18 bits per heavy atom. The first kappa shape index (κ1) is 21.0. The van der Waals surface area contributed by atoms with Crippen molar-refractivity contribution in [2.75, 3.05) is 6.54 Å². The SMILES string of the molecule is CCNC(=O)[C@@H](C)N(Cc1ccc(F)cc1)C(=O)Cc1ccccc1[N+](=O)[O-]. The summed E-state index contributed by atoms with van der Waals surface area (Å²) in [5, 5.41) is 13.9. The Morgan fingerprint density at radius 2 is 1.82 bits per heavy atom. The molecule has 0 aliphatic heterocycles. The Kier molecular flexibility index (Phi) is 7.20. The minimum atomic E-state index is -0.791. The molecule has 0 radical (unpaired) electrons. The van der Waals surface area contributed by atoms with E-state index in [1.807, 2.05) is 0 Å². The number of hydrogen-bond acceptors (Lipinski definition) is 4. The van der Waals surface area contributed by atoms with Crippen molar-refractivity contribution in [3.8, 4) is 0 Å². The van der Waals surface area contributed by atoms with E-state index in [-0.39, 0.29) is 30.1 Å². The van der Waals surface area contributed by atoms with Crippen LogP contribution in [0.3, 0.4) is 0 Å². The van der Waals surface area contributed by atoms with Gasteiger partial charge in [0.25, 0.3) is 5.69 Å². The summed E-state index contributed by atoms with van der Waals surface area (Å²) in [7, 11) is 0. The number of nitrogens with one attached hydrogen (secondary N) is 1. The molecule has 0 spiro atoms. The lowest BCUT2D eigenvalue weighted by Crippen LogP contribution is -2.48. The van der Waals surface area contributed by atoms with Crippen LogP contribution in [0.4, 0.5) is 10.1 Å². The molecule has 0 aromatic heterocycles. The Morgan fingerprint density at radius 3 is 2.43 bits per heavy atom. The summed E-state index contributed by atoms with van der Waals surface area (Å²) in [4.78, 5) is 37.3. The van der Waals surface area contributed by atoms with Gasteiger partial charge in [-0.15, -0.1) is 0 Å². The zero-order chi connectivity index (χ0) is 20.7. The van der Waals surface area contributed by atoms with E-state index in [4.69, 9.17) is 0 Å². The first-order chi connectivity index (χ1) is 13.3. The van der Waals surface area contributed by atoms with E-state index in [1.54, 1.807) is 19.9 Å². The number of likely N-dealkylation sites (N-methyl/N-ethyl adjacent to an activating group) is 1. The van der Waals surface area contributed by atoms with Crippen molar-refractivity contribution in [3.05, 3.63) is 75.6 Å². The average Bonchev–Trinajstić information content (AvgIpc) is 2.67. The van der Waals surface area contributed by atoms with Crippen molar-refractivity contribution in [1.29, 1.82) is 0 Å². The van der Waals surface area contributed by atoms with E-state index in [1.165, 1.54) is 47.4 Å². The fraction of sp³-hybridized carbons (Fsp3) is 0.300. The van der Waals surface area contributed by atoms with Gasteiger partial charge >= 0.3 is 0 Å². The van der Waals surface area contributed by atoms with Gasteiger partial charge in [0.2, 0.25) is 11.8 Å². The van der Waals surface area contributed by atoms with Gasteiger partial charge in [0.15, 0.2) is 0 Å². The molecule has 0 saturated heterocycles. The van der Waals surface area contributed by atoms with Crippen LogP contribution in [0.2, 0.25) is 0 Å². The molecule has 148 valence electrons. The monoisotopic (exact) mass is 387 g/mol. The topological polar surface area (TPSA) is 92.6 Å². The van der Waals surface area contributed by atoms with Gasteiger partial charge in [-0.1, -0.05) is 30.3 Å². The number of halogens is 1. The standard InChI is InChI=1S/C20H22FN3O4/c1-3-22-20(26)14(2)23(13-15-8-10-17(21)11-9-15)19(25)12-16-6-4-5-7-18(16)24(27)28/h4-11,14H,3,12-13H2,1-2H3,(H,22,26)/t14-/m1/s1. The highest BCUT2D eigenvalue weighted by molar-refractivity contribution is 5.88. The van der Waals surface area contributed by atoms with Gasteiger partial charge in [-0.25, -0.2) is 4.39 Å². The third-order valence-corrected chi connectivity index (χ3v) is 4.31. The number of nitrogens with zero attached hydrogens (tertiary/aromatic N) is 2. The number of nitro benzene ring substituents is 1. The molecule has 7 nitrogen and oxygen atoms in total. The lowest BCUT2D eigenvalue weighted by molar-refractivity contribution is -0.385. The van der Waals surface area contributed by atoms with E-state index in [9.17, 15) is 24.1 Å². The molecule has 8 heteroatoms. The molecular formula is C20H22FN3O4. The molecule has 0 heterocycles. The van der Waals surface area contributed by atoms with Crippen LogP contribution in [0.5, 0.6) is 0 Å². The number of nitro groups is 1. The number of rotatable bonds is 8. The Bertz CT molecular complexity index is 855. The van der Waals surface area contributed by atoms with Crippen LogP contribution < -0.4 is 5.32 Å². The Balaban J connectivity index is 2.29. The highest BCUT2D eigenvalue weighted by Gasteiger charge is 2.27. The maximum Gasteiger partial charge on any atom is 0.273 e. The number of carbonyl (C=O) groups excluding carboxylic acids is 2. The Hall–Kier alpha value is -3.29. The van der Waals surface area contributed by atoms with E-state index >= 15 is 0 Å². The van der Waals surface area contributed by atoms with Gasteiger partial charge in [0, 0.05) is 24.7 Å². The molecule has 0 aliphatic carbocycles. The normalized spacial score (nSPS) is 11.5. The quantitative estimate of drug-likeness (QED) is 0.557. The van der Waals surface area contributed by atoms with Crippen LogP contribution in [-0.2, 0) is 22.6 Å². The molecular weight excluding hydrogens is 365 g/mol. The number of hydrogen-bond donors (Lipinski definition) is 1. The second kappa shape index (κ2) is 9.59. The minimum Gasteiger partial charge on any atom is -0.355 e. The maximum atomic E-state index is 13.2. The van der Waals surface area contributed by atoms with E-state index in [0.29, 0.717) is 12.1 Å². The molecule has 0 aliphatic rings. The van der Waals surface area contributed by atoms with E-state index in [0.717, 1.165) is 0 Å². The molecule has 2 aromatic carbocycles. The van der Waals surface area contributed by atoms with Crippen LogP contribution in [-0.4, -0.2) is 34.2 Å². The number of carbonyl (C=O) groups is 2. The van der Waals surface area contributed by atoms with E-state index in [2.05, 4.69) is 5.32 Å². The van der Waals surface area contributed by atoms with Gasteiger partial charge in [-0.05, 0) is 31.5 Å². The first-order valence-electron chi connectivity index (χ1n) is 8.87. The van der Waals surface area contributed by atoms with Gasteiger partial charge in [0.05, 0.1) is 11.3 Å². The van der Waals surface area contributed by atoms with Crippen LogP contribution in [0, 0.1) is 15.9 Å². The molecule has 0 fully saturated rings.